The molecule has 18 atom stereocenters. The van der Waals surface area contributed by atoms with Gasteiger partial charge in [-0.25, -0.2) is 0 Å². The lowest BCUT2D eigenvalue weighted by Crippen LogP contribution is -2.65. The van der Waals surface area contributed by atoms with E-state index in [2.05, 4.69) is 30.1 Å². The Morgan fingerprint density at radius 1 is 0.771 bits per heavy atom. The van der Waals surface area contributed by atoms with Gasteiger partial charge in [0.1, 0.15) is 42.7 Å². The van der Waals surface area contributed by atoms with Gasteiger partial charge in [-0.3, -0.25) is 0 Å². The summed E-state index contributed by atoms with van der Waals surface area (Å²) in [6, 6.07) is -4.32. The van der Waals surface area contributed by atoms with Crippen molar-refractivity contribution in [3.63, 3.8) is 0 Å². The first-order valence-electron chi connectivity index (χ1n) is 15.6. The van der Waals surface area contributed by atoms with Gasteiger partial charge in [0.2, 0.25) is 0 Å². The van der Waals surface area contributed by atoms with Gasteiger partial charge in [-0.1, -0.05) is 22.3 Å². The summed E-state index contributed by atoms with van der Waals surface area (Å²) in [6.45, 7) is 0.757. The number of hydrogen-bond acceptors (Lipinski definition) is 17. The minimum absolute atomic E-state index is 0.104. The van der Waals surface area contributed by atoms with Gasteiger partial charge in [-0.05, 0) is 42.3 Å². The number of aliphatic hydroxyl groups is 5. The Labute approximate surface area is 274 Å². The fourth-order valence-corrected chi connectivity index (χ4v) is 6.36. The van der Waals surface area contributed by atoms with E-state index in [1.807, 2.05) is 6.92 Å². The first kappa shape index (κ1) is 38.2. The van der Waals surface area contributed by atoms with Crippen LogP contribution in [-0.4, -0.2) is 149 Å². The molecular formula is C25H44N12O11. The summed E-state index contributed by atoms with van der Waals surface area (Å²) in [5, 5.41) is 64.1. The predicted molar refractivity (Wildman–Crippen MR) is 160 cm³/mol. The monoisotopic (exact) mass is 688 g/mol. The van der Waals surface area contributed by atoms with Crippen LogP contribution in [0.4, 0.5) is 0 Å². The summed E-state index contributed by atoms with van der Waals surface area (Å²) in [4.78, 5) is 8.15. The van der Waals surface area contributed by atoms with E-state index in [1.165, 1.54) is 0 Å². The summed E-state index contributed by atoms with van der Waals surface area (Å²) < 4.78 is 35.6. The summed E-state index contributed by atoms with van der Waals surface area (Å²) in [7, 11) is 0. The van der Waals surface area contributed by atoms with Crippen molar-refractivity contribution in [1.82, 2.24) is 0 Å². The first-order chi connectivity index (χ1) is 23.0. The molecule has 4 rings (SSSR count). The molecular weight excluding hydrogens is 644 g/mol. The van der Waals surface area contributed by atoms with Gasteiger partial charge in [0.05, 0.1) is 43.6 Å². The van der Waals surface area contributed by atoms with E-state index in [0.717, 1.165) is 0 Å². The van der Waals surface area contributed by atoms with Crippen molar-refractivity contribution in [1.29, 1.82) is 0 Å². The number of rotatable bonds is 13. The smallest absolute Gasteiger partial charge is 0.187 e. The molecule has 0 radical (unpaired) electrons. The number of azide groups is 3. The zero-order chi connectivity index (χ0) is 35.1. The maximum atomic E-state index is 11.3. The highest BCUT2D eigenvalue weighted by atomic mass is 16.8. The van der Waals surface area contributed by atoms with Gasteiger partial charge in [0.25, 0.3) is 0 Å². The topological polar surface area (TPSA) is 381 Å². The number of nitrogens with two attached hydrogens (primary N) is 3. The zero-order valence-electron chi connectivity index (χ0n) is 26.1. The number of hydrogen-bond donors (Lipinski definition) is 8. The van der Waals surface area contributed by atoms with E-state index in [9.17, 15) is 25.5 Å². The standard InChI is InChI=1S/C25H44N12O11/c1-2-8(26)12-4-3-11(33-36-30)23(43-12)46-20-10(28)5-9(27)16(39)22(20)48-25-19(42)21(14(7-38)45-25)47-24-15(34-37-31)18(41)17(40)13(44-24)6-32-35-29/h8-25,38-42H,2-7,26-28H2,1H3/t8-,9+,10-,11+,12-,13-,14+,15+,16-,17+,18+,19+,20+,21+,22+,23+,24+,25-/m0/s1. The van der Waals surface area contributed by atoms with Crippen LogP contribution in [0.2, 0.25) is 0 Å². The predicted octanol–water partition coefficient (Wildman–Crippen LogP) is -2.00. The van der Waals surface area contributed by atoms with Crippen molar-refractivity contribution in [2.45, 2.75) is 143 Å². The fourth-order valence-electron chi connectivity index (χ4n) is 6.36. The SMILES string of the molecule is CC[C@H](N)[C@@H]1CC[C@@H](N=[N+]=[N-])[C@@H](O[C@H]2[C@H](O[C@@H]3O[C@H](CO)[C@@H](O[C@H]4O[C@@H](CN=[N+]=[N-])[C@@H](O)[C@H](O)[C@H]4N=[N+]=[N-])[C@H]3O)[C@@H](O)[C@H](N)C[C@@H]2N)O1. The maximum absolute atomic E-state index is 11.3. The van der Waals surface area contributed by atoms with Crippen LogP contribution in [-0.2, 0) is 28.4 Å². The van der Waals surface area contributed by atoms with Gasteiger partial charge in [-0.15, -0.1) is 0 Å². The third-order valence-electron chi connectivity index (χ3n) is 9.11. The highest BCUT2D eigenvalue weighted by Crippen LogP contribution is 2.35. The number of ether oxygens (including phenoxy) is 6. The van der Waals surface area contributed by atoms with Gasteiger partial charge >= 0.3 is 0 Å². The molecule has 1 saturated carbocycles. The van der Waals surface area contributed by atoms with E-state index in [0.29, 0.717) is 19.3 Å². The second-order valence-corrected chi connectivity index (χ2v) is 12.2. The molecule has 0 amide bonds. The largest absolute Gasteiger partial charge is 0.394 e. The lowest BCUT2D eigenvalue weighted by atomic mass is 9.84. The van der Waals surface area contributed by atoms with Crippen LogP contribution in [0.3, 0.4) is 0 Å². The van der Waals surface area contributed by atoms with Crippen molar-refractivity contribution in [3.05, 3.63) is 31.3 Å². The molecule has 0 bridgehead atoms. The summed E-state index contributed by atoms with van der Waals surface area (Å²) >= 11 is 0. The first-order valence-corrected chi connectivity index (χ1v) is 15.6. The molecule has 0 aromatic rings. The van der Waals surface area contributed by atoms with E-state index < -0.39 is 117 Å². The van der Waals surface area contributed by atoms with Gasteiger partial charge in [0.15, 0.2) is 18.9 Å². The highest BCUT2D eigenvalue weighted by molar-refractivity contribution is 5.02. The Hall–Kier alpha value is -2.63. The molecule has 0 aromatic heterocycles. The van der Waals surface area contributed by atoms with Crippen LogP contribution < -0.4 is 17.2 Å². The third kappa shape index (κ3) is 8.38. The average molecular weight is 689 g/mol. The van der Waals surface area contributed by atoms with Crippen LogP contribution in [0.5, 0.6) is 0 Å². The van der Waals surface area contributed by atoms with Crippen LogP contribution in [0.15, 0.2) is 15.3 Å². The van der Waals surface area contributed by atoms with Crippen molar-refractivity contribution in [3.8, 4) is 0 Å². The van der Waals surface area contributed by atoms with E-state index in [1.54, 1.807) is 0 Å². The van der Waals surface area contributed by atoms with Crippen LogP contribution >= 0.6 is 0 Å². The molecule has 11 N–H and O–H groups in total. The summed E-state index contributed by atoms with van der Waals surface area (Å²) in [5.74, 6) is 0. The Morgan fingerprint density at radius 3 is 2.08 bits per heavy atom. The average Bonchev–Trinajstić information content (AvgIpc) is 3.37. The molecule has 23 nitrogen and oxygen atoms in total. The molecule has 23 heteroatoms. The van der Waals surface area contributed by atoms with Crippen LogP contribution in [0, 0.1) is 0 Å². The Balaban J connectivity index is 1.55. The lowest BCUT2D eigenvalue weighted by molar-refractivity contribution is -0.290. The molecule has 3 saturated heterocycles. The summed E-state index contributed by atoms with van der Waals surface area (Å²) in [6.07, 6.45) is -16.0. The molecule has 270 valence electrons. The van der Waals surface area contributed by atoms with Crippen molar-refractivity contribution < 1.29 is 54.0 Å². The van der Waals surface area contributed by atoms with E-state index in [-0.39, 0.29) is 12.5 Å². The molecule has 4 fully saturated rings. The summed E-state index contributed by atoms with van der Waals surface area (Å²) in [5.41, 5.74) is 45.7. The molecule has 3 heterocycles. The second-order valence-electron chi connectivity index (χ2n) is 12.2. The molecule has 48 heavy (non-hydrogen) atoms. The molecule has 0 unspecified atom stereocenters. The Kier molecular flexibility index (Phi) is 13.8. The van der Waals surface area contributed by atoms with Crippen molar-refractivity contribution >= 4 is 0 Å². The van der Waals surface area contributed by atoms with Crippen LogP contribution in [0.25, 0.3) is 31.3 Å². The number of nitrogens with zero attached hydrogens (tertiary/aromatic N) is 9. The van der Waals surface area contributed by atoms with Crippen molar-refractivity contribution in [2.24, 2.45) is 32.5 Å². The van der Waals surface area contributed by atoms with Gasteiger partial charge in [-0.2, -0.15) is 0 Å². The molecule has 4 aliphatic rings. The maximum Gasteiger partial charge on any atom is 0.187 e. The molecule has 0 aromatic carbocycles. The second kappa shape index (κ2) is 17.3. The molecule has 1 aliphatic carbocycles. The van der Waals surface area contributed by atoms with Crippen LogP contribution in [0.1, 0.15) is 32.6 Å². The Bertz CT molecular complexity index is 1210. The minimum atomic E-state index is -1.72. The highest BCUT2D eigenvalue weighted by Gasteiger charge is 2.54. The lowest BCUT2D eigenvalue weighted by Gasteiger charge is -2.46. The van der Waals surface area contributed by atoms with Gasteiger partial charge in [0, 0.05) is 32.9 Å². The molecule has 3 aliphatic heterocycles. The van der Waals surface area contributed by atoms with E-state index in [4.69, 9.17) is 62.2 Å². The third-order valence-corrected chi connectivity index (χ3v) is 9.11. The number of aliphatic hydroxyl groups excluding tert-OH is 5. The minimum Gasteiger partial charge on any atom is -0.394 e. The quantitative estimate of drug-likeness (QED) is 0.0589. The Morgan fingerprint density at radius 2 is 1.44 bits per heavy atom. The van der Waals surface area contributed by atoms with Gasteiger partial charge < -0.3 is 71.2 Å². The van der Waals surface area contributed by atoms with E-state index >= 15 is 0 Å². The molecule has 0 spiro atoms. The zero-order valence-corrected chi connectivity index (χ0v) is 26.1. The normalized spacial score (nSPS) is 45.3. The van der Waals surface area contributed by atoms with Crippen molar-refractivity contribution in [2.75, 3.05) is 13.2 Å². The fraction of sp³-hybridized carbons (Fsp3) is 1.00.